The lowest BCUT2D eigenvalue weighted by molar-refractivity contribution is 0.0133. The number of nitrogens with one attached hydrogen (secondary N) is 1. The first-order valence-corrected chi connectivity index (χ1v) is 7.81. The maximum atomic E-state index is 5.57. The third kappa shape index (κ3) is 5.61. The third-order valence-corrected chi connectivity index (χ3v) is 3.93. The van der Waals surface area contributed by atoms with Crippen LogP contribution in [0.3, 0.4) is 0 Å². The Kier molecular flexibility index (Phi) is 6.51. The van der Waals surface area contributed by atoms with Gasteiger partial charge in [-0.3, -0.25) is 0 Å². The molecule has 1 aliphatic rings. The molecule has 0 amide bonds. The van der Waals surface area contributed by atoms with Crippen molar-refractivity contribution in [2.75, 3.05) is 26.7 Å². The van der Waals surface area contributed by atoms with Crippen LogP contribution in [0.25, 0.3) is 0 Å². The predicted octanol–water partition coefficient (Wildman–Crippen LogP) is 2.67. The van der Waals surface area contributed by atoms with E-state index in [1.54, 1.807) is 0 Å². The lowest BCUT2D eigenvalue weighted by Gasteiger charge is -2.28. The van der Waals surface area contributed by atoms with E-state index in [9.17, 15) is 0 Å². The van der Waals surface area contributed by atoms with Crippen molar-refractivity contribution in [1.82, 2.24) is 10.2 Å². The van der Waals surface area contributed by atoms with Crippen molar-refractivity contribution in [2.24, 2.45) is 0 Å². The predicted molar refractivity (Wildman–Crippen MR) is 83.8 cm³/mol. The van der Waals surface area contributed by atoms with E-state index in [1.807, 2.05) is 0 Å². The smallest absolute Gasteiger partial charge is 0.0561 e. The van der Waals surface area contributed by atoms with Gasteiger partial charge in [0.15, 0.2) is 0 Å². The fraction of sp³-hybridized carbons (Fsp3) is 0.647. The van der Waals surface area contributed by atoms with Crippen LogP contribution in [0.15, 0.2) is 30.3 Å². The average molecular weight is 276 g/mol. The summed E-state index contributed by atoms with van der Waals surface area (Å²) in [6.45, 7) is 6.36. The molecule has 1 aromatic carbocycles. The van der Waals surface area contributed by atoms with E-state index < -0.39 is 0 Å². The summed E-state index contributed by atoms with van der Waals surface area (Å²) >= 11 is 0. The minimum Gasteiger partial charge on any atom is -0.378 e. The first-order valence-electron chi connectivity index (χ1n) is 7.81. The van der Waals surface area contributed by atoms with Gasteiger partial charge in [0, 0.05) is 19.2 Å². The van der Waals surface area contributed by atoms with Crippen molar-refractivity contribution in [3.63, 3.8) is 0 Å². The van der Waals surface area contributed by atoms with Gasteiger partial charge in [-0.1, -0.05) is 30.3 Å². The van der Waals surface area contributed by atoms with Gasteiger partial charge in [0.05, 0.1) is 6.10 Å². The number of nitrogens with zero attached hydrogens (tertiary/aromatic N) is 1. The second-order valence-corrected chi connectivity index (χ2v) is 5.93. The zero-order valence-electron chi connectivity index (χ0n) is 12.8. The van der Waals surface area contributed by atoms with E-state index in [4.69, 9.17) is 4.74 Å². The van der Waals surface area contributed by atoms with E-state index in [1.165, 1.54) is 12.0 Å². The van der Waals surface area contributed by atoms with Crippen LogP contribution >= 0.6 is 0 Å². The van der Waals surface area contributed by atoms with Crippen LogP contribution in [-0.4, -0.2) is 43.8 Å². The lowest BCUT2D eigenvalue weighted by atomic mass is 10.0. The second-order valence-electron chi connectivity index (χ2n) is 5.93. The van der Waals surface area contributed by atoms with E-state index in [0.29, 0.717) is 12.1 Å². The van der Waals surface area contributed by atoms with Crippen LogP contribution in [-0.2, 0) is 11.3 Å². The van der Waals surface area contributed by atoms with Gasteiger partial charge in [0.25, 0.3) is 0 Å². The topological polar surface area (TPSA) is 24.5 Å². The largest absolute Gasteiger partial charge is 0.378 e. The molecule has 0 saturated carbocycles. The Hall–Kier alpha value is -0.900. The summed E-state index contributed by atoms with van der Waals surface area (Å²) < 4.78 is 5.57. The standard InChI is InChI=1S/C17H28N2O/c1-15-13-17(9-12-20-15)18-10-6-11-19(2)14-16-7-4-3-5-8-16/h3-5,7-8,15,17-18H,6,9-14H2,1-2H3. The van der Waals surface area contributed by atoms with Gasteiger partial charge in [0.2, 0.25) is 0 Å². The zero-order chi connectivity index (χ0) is 14.2. The van der Waals surface area contributed by atoms with Crippen molar-refractivity contribution in [2.45, 2.75) is 44.9 Å². The van der Waals surface area contributed by atoms with Gasteiger partial charge in [-0.15, -0.1) is 0 Å². The molecule has 3 nitrogen and oxygen atoms in total. The SMILES string of the molecule is CC1CC(NCCCN(C)Cc2ccccc2)CCO1. The van der Waals surface area contributed by atoms with Crippen LogP contribution in [0.2, 0.25) is 0 Å². The van der Waals surface area contributed by atoms with E-state index in [2.05, 4.69) is 54.5 Å². The molecule has 0 bridgehead atoms. The molecule has 2 rings (SSSR count). The molecule has 1 aromatic rings. The first kappa shape index (κ1) is 15.5. The average Bonchev–Trinajstić information content (AvgIpc) is 2.45. The Morgan fingerprint density at radius 1 is 1.30 bits per heavy atom. The Balaban J connectivity index is 1.56. The van der Waals surface area contributed by atoms with Gasteiger partial charge in [0.1, 0.15) is 0 Å². The molecular formula is C17H28N2O. The molecule has 1 saturated heterocycles. The quantitative estimate of drug-likeness (QED) is 0.775. The number of ether oxygens (including phenoxy) is 1. The van der Waals surface area contributed by atoms with Crippen LogP contribution in [0.1, 0.15) is 31.7 Å². The highest BCUT2D eigenvalue weighted by Gasteiger charge is 2.18. The Morgan fingerprint density at radius 3 is 2.85 bits per heavy atom. The van der Waals surface area contributed by atoms with Crippen molar-refractivity contribution in [1.29, 1.82) is 0 Å². The fourth-order valence-corrected chi connectivity index (χ4v) is 2.81. The summed E-state index contributed by atoms with van der Waals surface area (Å²) in [4.78, 5) is 2.39. The second kappa shape index (κ2) is 8.40. The summed E-state index contributed by atoms with van der Waals surface area (Å²) in [5, 5.41) is 3.66. The summed E-state index contributed by atoms with van der Waals surface area (Å²) in [5.74, 6) is 0. The molecule has 2 atom stereocenters. The molecule has 2 unspecified atom stereocenters. The lowest BCUT2D eigenvalue weighted by Crippen LogP contribution is -2.39. The summed E-state index contributed by atoms with van der Waals surface area (Å²) in [5.41, 5.74) is 1.39. The van der Waals surface area contributed by atoms with Crippen molar-refractivity contribution in [3.05, 3.63) is 35.9 Å². The van der Waals surface area contributed by atoms with Crippen LogP contribution < -0.4 is 5.32 Å². The molecule has 1 heterocycles. The van der Waals surface area contributed by atoms with Gasteiger partial charge in [-0.2, -0.15) is 0 Å². The van der Waals surface area contributed by atoms with Crippen LogP contribution in [0, 0.1) is 0 Å². The molecule has 20 heavy (non-hydrogen) atoms. The third-order valence-electron chi connectivity index (χ3n) is 3.93. The first-order chi connectivity index (χ1) is 9.74. The van der Waals surface area contributed by atoms with Crippen LogP contribution in [0.5, 0.6) is 0 Å². The Labute approximate surface area is 123 Å². The fourth-order valence-electron chi connectivity index (χ4n) is 2.81. The molecule has 112 valence electrons. The molecule has 3 heteroatoms. The summed E-state index contributed by atoms with van der Waals surface area (Å²) in [6, 6.07) is 11.3. The number of rotatable bonds is 7. The summed E-state index contributed by atoms with van der Waals surface area (Å²) in [7, 11) is 2.20. The molecule has 1 fully saturated rings. The molecule has 1 N–H and O–H groups in total. The van der Waals surface area contributed by atoms with Crippen molar-refractivity contribution >= 4 is 0 Å². The number of hydrogen-bond donors (Lipinski definition) is 1. The van der Waals surface area contributed by atoms with Crippen LogP contribution in [0.4, 0.5) is 0 Å². The molecule has 0 aromatic heterocycles. The zero-order valence-corrected chi connectivity index (χ0v) is 12.8. The number of benzene rings is 1. The minimum atomic E-state index is 0.419. The molecular weight excluding hydrogens is 248 g/mol. The van der Waals surface area contributed by atoms with Crippen molar-refractivity contribution in [3.8, 4) is 0 Å². The van der Waals surface area contributed by atoms with Gasteiger partial charge >= 0.3 is 0 Å². The maximum Gasteiger partial charge on any atom is 0.0561 e. The van der Waals surface area contributed by atoms with Crippen molar-refractivity contribution < 1.29 is 4.74 Å². The highest BCUT2D eigenvalue weighted by Crippen LogP contribution is 2.12. The van der Waals surface area contributed by atoms with E-state index >= 15 is 0 Å². The molecule has 0 spiro atoms. The normalized spacial score (nSPS) is 23.1. The maximum absolute atomic E-state index is 5.57. The molecule has 1 aliphatic heterocycles. The monoisotopic (exact) mass is 276 g/mol. The minimum absolute atomic E-state index is 0.419. The Bertz CT molecular complexity index is 369. The highest BCUT2D eigenvalue weighted by molar-refractivity contribution is 5.14. The Morgan fingerprint density at radius 2 is 2.10 bits per heavy atom. The highest BCUT2D eigenvalue weighted by atomic mass is 16.5. The van der Waals surface area contributed by atoms with E-state index in [0.717, 1.165) is 39.1 Å². The van der Waals surface area contributed by atoms with E-state index in [-0.39, 0.29) is 0 Å². The summed E-state index contributed by atoms with van der Waals surface area (Å²) in [6.07, 6.45) is 3.93. The molecule has 0 aliphatic carbocycles. The van der Waals surface area contributed by atoms with Gasteiger partial charge in [-0.05, 0) is 51.9 Å². The van der Waals surface area contributed by atoms with Gasteiger partial charge < -0.3 is 15.0 Å². The van der Waals surface area contributed by atoms with Gasteiger partial charge in [-0.25, -0.2) is 0 Å². The molecule has 0 radical (unpaired) electrons. The number of hydrogen-bond acceptors (Lipinski definition) is 3.